The maximum atomic E-state index is 12.8. The molecule has 0 radical (unpaired) electrons. The Morgan fingerprint density at radius 3 is 2.50 bits per heavy atom. The van der Waals surface area contributed by atoms with Crippen LogP contribution in [0.5, 0.6) is 0 Å². The van der Waals surface area contributed by atoms with Crippen molar-refractivity contribution in [3.8, 4) is 0 Å². The van der Waals surface area contributed by atoms with E-state index in [-0.39, 0.29) is 21.8 Å². The van der Waals surface area contributed by atoms with E-state index in [2.05, 4.69) is 0 Å². The van der Waals surface area contributed by atoms with Crippen LogP contribution in [0.15, 0.2) is 23.9 Å². The van der Waals surface area contributed by atoms with Crippen LogP contribution in [0.25, 0.3) is 5.57 Å². The van der Waals surface area contributed by atoms with E-state index in [1.807, 2.05) is 0 Å². The second-order valence-corrected chi connectivity index (χ2v) is 4.95. The number of thioether (sulfide) groups is 1. The van der Waals surface area contributed by atoms with Crippen molar-refractivity contribution in [1.82, 2.24) is 0 Å². The van der Waals surface area contributed by atoms with Gasteiger partial charge in [0.15, 0.2) is 0 Å². The lowest BCUT2D eigenvalue weighted by molar-refractivity contribution is -0.138. The van der Waals surface area contributed by atoms with Gasteiger partial charge in [0.1, 0.15) is 0 Å². The third kappa shape index (κ3) is 2.25. The highest BCUT2D eigenvalue weighted by Crippen LogP contribution is 2.36. The number of carbonyl (C=O) groups excluding carboxylic acids is 1. The van der Waals surface area contributed by atoms with Gasteiger partial charge in [-0.1, -0.05) is 23.9 Å². The van der Waals surface area contributed by atoms with Crippen molar-refractivity contribution in [2.75, 3.05) is 5.75 Å². The third-order valence-electron chi connectivity index (χ3n) is 2.72. The molecule has 18 heavy (non-hydrogen) atoms. The second-order valence-electron chi connectivity index (χ2n) is 4.00. The van der Waals surface area contributed by atoms with Crippen LogP contribution in [0.4, 0.5) is 13.2 Å². The normalized spacial score (nSPS) is 16.6. The number of aryl methyl sites for hydroxylation is 1. The van der Waals surface area contributed by atoms with Gasteiger partial charge in [0, 0.05) is 11.4 Å². The molecule has 96 valence electrons. The molecule has 2 N–H and O–H groups in total. The van der Waals surface area contributed by atoms with Gasteiger partial charge in [-0.3, -0.25) is 4.79 Å². The smallest absolute Gasteiger partial charge is 0.401 e. The lowest BCUT2D eigenvalue weighted by Crippen LogP contribution is -2.09. The van der Waals surface area contributed by atoms with Gasteiger partial charge < -0.3 is 5.73 Å². The summed E-state index contributed by atoms with van der Waals surface area (Å²) in [5.41, 5.74) is 5.82. The van der Waals surface area contributed by atoms with Crippen molar-refractivity contribution in [2.24, 2.45) is 5.73 Å². The van der Waals surface area contributed by atoms with E-state index in [1.165, 1.54) is 19.1 Å². The van der Waals surface area contributed by atoms with E-state index >= 15 is 0 Å². The lowest BCUT2D eigenvalue weighted by atomic mass is 9.99. The first kappa shape index (κ1) is 13.0. The van der Waals surface area contributed by atoms with Gasteiger partial charge >= 0.3 is 6.18 Å². The maximum absolute atomic E-state index is 12.8. The Morgan fingerprint density at radius 2 is 2.00 bits per heavy atom. The largest absolute Gasteiger partial charge is 0.416 e. The average Bonchev–Trinajstić information content (AvgIpc) is 2.58. The molecule has 1 aliphatic heterocycles. The predicted molar refractivity (Wildman–Crippen MR) is 64.8 cm³/mol. The number of nitrogens with two attached hydrogens (primary N) is 1. The fourth-order valence-electron chi connectivity index (χ4n) is 1.80. The molecule has 6 heteroatoms. The van der Waals surface area contributed by atoms with Crippen LogP contribution in [0.2, 0.25) is 0 Å². The van der Waals surface area contributed by atoms with Gasteiger partial charge in [0.05, 0.1) is 11.1 Å². The number of hydrogen-bond donors (Lipinski definition) is 1. The summed E-state index contributed by atoms with van der Waals surface area (Å²) < 4.78 is 38.3. The van der Waals surface area contributed by atoms with Crippen LogP contribution in [0.3, 0.4) is 0 Å². The first-order valence-electron chi connectivity index (χ1n) is 5.14. The van der Waals surface area contributed by atoms with Crippen molar-refractivity contribution < 1.29 is 18.0 Å². The topological polar surface area (TPSA) is 43.1 Å². The number of carbonyl (C=O) groups is 1. The zero-order valence-corrected chi connectivity index (χ0v) is 10.3. The molecular formula is C12H10F3NOS. The predicted octanol–water partition coefficient (Wildman–Crippen LogP) is 2.96. The summed E-state index contributed by atoms with van der Waals surface area (Å²) in [5.74, 6) is 0.337. The molecule has 0 aromatic heterocycles. The summed E-state index contributed by atoms with van der Waals surface area (Å²) >= 11 is 1.01. The molecule has 1 aromatic rings. The highest BCUT2D eigenvalue weighted by molar-refractivity contribution is 8.15. The minimum atomic E-state index is -4.43. The van der Waals surface area contributed by atoms with Crippen molar-refractivity contribution >= 4 is 22.5 Å². The van der Waals surface area contributed by atoms with Gasteiger partial charge in [-0.25, -0.2) is 0 Å². The molecule has 0 amide bonds. The van der Waals surface area contributed by atoms with Gasteiger partial charge in [-0.15, -0.1) is 0 Å². The molecule has 2 rings (SSSR count). The zero-order valence-electron chi connectivity index (χ0n) is 9.47. The molecule has 0 atom stereocenters. The monoisotopic (exact) mass is 273 g/mol. The number of alkyl halides is 3. The van der Waals surface area contributed by atoms with E-state index in [0.717, 1.165) is 17.8 Å². The minimum absolute atomic E-state index is 0.128. The van der Waals surface area contributed by atoms with Crippen LogP contribution >= 0.6 is 11.8 Å². The van der Waals surface area contributed by atoms with E-state index < -0.39 is 11.7 Å². The first-order chi connectivity index (χ1) is 8.30. The molecule has 2 nitrogen and oxygen atoms in total. The van der Waals surface area contributed by atoms with E-state index in [9.17, 15) is 18.0 Å². The highest BCUT2D eigenvalue weighted by Gasteiger charge is 2.33. The number of hydrogen-bond acceptors (Lipinski definition) is 3. The summed E-state index contributed by atoms with van der Waals surface area (Å²) in [6, 6.07) is 3.84. The van der Waals surface area contributed by atoms with Crippen LogP contribution in [0.1, 0.15) is 16.7 Å². The van der Waals surface area contributed by atoms with Crippen molar-refractivity contribution in [3.63, 3.8) is 0 Å². The number of rotatable bonds is 1. The van der Waals surface area contributed by atoms with Crippen LogP contribution < -0.4 is 5.73 Å². The van der Waals surface area contributed by atoms with E-state index in [1.54, 1.807) is 0 Å². The fraction of sp³-hybridized carbons (Fsp3) is 0.250. The summed E-state index contributed by atoms with van der Waals surface area (Å²) in [5, 5.41) is -0.274. The summed E-state index contributed by atoms with van der Waals surface area (Å²) in [6.45, 7) is 1.38. The van der Waals surface area contributed by atoms with Crippen LogP contribution in [-0.4, -0.2) is 10.9 Å². The molecule has 0 saturated heterocycles. The Bertz CT molecular complexity index is 549. The van der Waals surface area contributed by atoms with Crippen molar-refractivity contribution in [2.45, 2.75) is 13.1 Å². The molecular weight excluding hydrogens is 263 g/mol. The molecule has 0 spiro atoms. The molecule has 0 aliphatic carbocycles. The third-order valence-corrected chi connectivity index (χ3v) is 3.64. The minimum Gasteiger partial charge on any atom is -0.401 e. The van der Waals surface area contributed by atoms with E-state index in [0.29, 0.717) is 11.4 Å². The standard InChI is InChI=1S/C12H10F3NOS/c1-6-2-3-7(4-8(6)12(13,14)15)10-9(16)5-18-11(10)17/h2-4H,5,16H2,1H3. The van der Waals surface area contributed by atoms with Gasteiger partial charge in [-0.05, 0) is 24.1 Å². The SMILES string of the molecule is Cc1ccc(C2=C(N)CSC2=O)cc1C(F)(F)F. The van der Waals surface area contributed by atoms with Gasteiger partial charge in [-0.2, -0.15) is 13.2 Å². The second kappa shape index (κ2) is 4.35. The average molecular weight is 273 g/mol. The van der Waals surface area contributed by atoms with Crippen molar-refractivity contribution in [3.05, 3.63) is 40.6 Å². The lowest BCUT2D eigenvalue weighted by Gasteiger charge is -2.12. The Hall–Kier alpha value is -1.43. The van der Waals surface area contributed by atoms with Gasteiger partial charge in [0.2, 0.25) is 5.12 Å². The molecule has 1 heterocycles. The molecule has 1 aromatic carbocycles. The van der Waals surface area contributed by atoms with Gasteiger partial charge in [0.25, 0.3) is 0 Å². The zero-order chi connectivity index (χ0) is 13.5. The molecule has 0 saturated carbocycles. The first-order valence-corrected chi connectivity index (χ1v) is 6.13. The summed E-state index contributed by atoms with van der Waals surface area (Å²) in [4.78, 5) is 11.6. The Balaban J connectivity index is 2.55. The highest BCUT2D eigenvalue weighted by atomic mass is 32.2. The molecule has 0 fully saturated rings. The maximum Gasteiger partial charge on any atom is 0.416 e. The number of benzene rings is 1. The molecule has 0 unspecified atom stereocenters. The van der Waals surface area contributed by atoms with Crippen LogP contribution in [-0.2, 0) is 11.0 Å². The summed E-state index contributed by atoms with van der Waals surface area (Å²) in [6.07, 6.45) is -4.43. The summed E-state index contributed by atoms with van der Waals surface area (Å²) in [7, 11) is 0. The molecule has 0 bridgehead atoms. The quantitative estimate of drug-likeness (QED) is 0.855. The Kier molecular flexibility index (Phi) is 3.14. The Labute approximate surface area is 106 Å². The Morgan fingerprint density at radius 1 is 1.33 bits per heavy atom. The van der Waals surface area contributed by atoms with Crippen molar-refractivity contribution in [1.29, 1.82) is 0 Å². The van der Waals surface area contributed by atoms with Crippen LogP contribution in [0, 0.1) is 6.92 Å². The number of halogens is 3. The fourth-order valence-corrected chi connectivity index (χ4v) is 2.63. The molecule has 1 aliphatic rings. The van der Waals surface area contributed by atoms with E-state index in [4.69, 9.17) is 5.73 Å².